The third-order valence-electron chi connectivity index (χ3n) is 4.93. The SMILES string of the molecule is Cc1nn(-c2ccccc2)c(C)c1C(=O)NC1CCC(C(=O)O)CC1. The van der Waals surface area contributed by atoms with Crippen molar-refractivity contribution in [2.75, 3.05) is 0 Å². The molecule has 1 fully saturated rings. The highest BCUT2D eigenvalue weighted by Gasteiger charge is 2.28. The molecule has 1 aliphatic carbocycles. The van der Waals surface area contributed by atoms with Crippen LogP contribution in [0, 0.1) is 19.8 Å². The quantitative estimate of drug-likeness (QED) is 0.895. The molecular weight excluding hydrogens is 318 g/mol. The molecule has 0 atom stereocenters. The first-order valence-electron chi connectivity index (χ1n) is 8.62. The van der Waals surface area contributed by atoms with Crippen LogP contribution in [0.2, 0.25) is 0 Å². The Labute approximate surface area is 146 Å². The number of para-hydroxylation sites is 1. The van der Waals surface area contributed by atoms with Crippen LogP contribution in [-0.2, 0) is 4.79 Å². The Balaban J connectivity index is 1.73. The fourth-order valence-electron chi connectivity index (χ4n) is 3.53. The number of amides is 1. The number of benzene rings is 1. The van der Waals surface area contributed by atoms with Crippen LogP contribution in [0.1, 0.15) is 47.4 Å². The van der Waals surface area contributed by atoms with Crippen LogP contribution in [0.25, 0.3) is 5.69 Å². The summed E-state index contributed by atoms with van der Waals surface area (Å²) >= 11 is 0. The van der Waals surface area contributed by atoms with Crippen LogP contribution < -0.4 is 5.32 Å². The molecule has 1 aliphatic rings. The van der Waals surface area contributed by atoms with Gasteiger partial charge in [-0.1, -0.05) is 18.2 Å². The van der Waals surface area contributed by atoms with E-state index in [4.69, 9.17) is 5.11 Å². The van der Waals surface area contributed by atoms with Gasteiger partial charge < -0.3 is 10.4 Å². The predicted molar refractivity (Wildman–Crippen MR) is 93.9 cm³/mol. The van der Waals surface area contributed by atoms with Gasteiger partial charge in [-0.05, 0) is 51.7 Å². The van der Waals surface area contributed by atoms with E-state index in [1.807, 2.05) is 44.2 Å². The highest BCUT2D eigenvalue weighted by atomic mass is 16.4. The summed E-state index contributed by atoms with van der Waals surface area (Å²) in [4.78, 5) is 23.8. The maximum absolute atomic E-state index is 12.7. The molecule has 0 unspecified atom stereocenters. The number of aromatic nitrogens is 2. The standard InChI is InChI=1S/C19H23N3O3/c1-12-17(13(2)22(21-12)16-6-4-3-5-7-16)18(23)20-15-10-8-14(9-11-15)19(24)25/h3-7,14-15H,8-11H2,1-2H3,(H,20,23)(H,24,25). The molecule has 1 heterocycles. The minimum absolute atomic E-state index is 0.0296. The first-order chi connectivity index (χ1) is 12.0. The monoisotopic (exact) mass is 341 g/mol. The summed E-state index contributed by atoms with van der Waals surface area (Å²) in [5.41, 5.74) is 3.02. The highest BCUT2D eigenvalue weighted by Crippen LogP contribution is 2.25. The lowest BCUT2D eigenvalue weighted by Crippen LogP contribution is -2.39. The minimum atomic E-state index is -0.736. The predicted octanol–water partition coefficient (Wildman–Crippen LogP) is 2.86. The van der Waals surface area contributed by atoms with Crippen molar-refractivity contribution in [1.29, 1.82) is 0 Å². The molecule has 1 saturated carbocycles. The van der Waals surface area contributed by atoms with E-state index in [0.717, 1.165) is 11.4 Å². The number of carboxylic acid groups (broad SMARTS) is 1. The summed E-state index contributed by atoms with van der Waals surface area (Å²) in [6.07, 6.45) is 2.63. The van der Waals surface area contributed by atoms with E-state index in [9.17, 15) is 9.59 Å². The number of nitrogens with zero attached hydrogens (tertiary/aromatic N) is 2. The summed E-state index contributed by atoms with van der Waals surface area (Å²) in [5.74, 6) is -1.14. The molecule has 0 aliphatic heterocycles. The van der Waals surface area contributed by atoms with Crippen LogP contribution in [0.4, 0.5) is 0 Å². The van der Waals surface area contributed by atoms with E-state index >= 15 is 0 Å². The lowest BCUT2D eigenvalue weighted by atomic mass is 9.86. The van der Waals surface area contributed by atoms with Crippen LogP contribution >= 0.6 is 0 Å². The Morgan fingerprint density at radius 1 is 1.12 bits per heavy atom. The van der Waals surface area contributed by atoms with Crippen molar-refractivity contribution < 1.29 is 14.7 Å². The number of hydrogen-bond acceptors (Lipinski definition) is 3. The number of nitrogens with one attached hydrogen (secondary N) is 1. The topological polar surface area (TPSA) is 84.2 Å². The lowest BCUT2D eigenvalue weighted by molar-refractivity contribution is -0.142. The van der Waals surface area contributed by atoms with E-state index in [1.165, 1.54) is 0 Å². The molecule has 6 heteroatoms. The summed E-state index contributed by atoms with van der Waals surface area (Å²) in [5, 5.41) is 16.6. The van der Waals surface area contributed by atoms with Gasteiger partial charge in [-0.2, -0.15) is 5.10 Å². The molecule has 0 bridgehead atoms. The van der Waals surface area contributed by atoms with Crippen molar-refractivity contribution in [3.05, 3.63) is 47.3 Å². The zero-order valence-corrected chi connectivity index (χ0v) is 14.5. The zero-order valence-electron chi connectivity index (χ0n) is 14.5. The van der Waals surface area contributed by atoms with Gasteiger partial charge in [-0.15, -0.1) is 0 Å². The lowest BCUT2D eigenvalue weighted by Gasteiger charge is -2.26. The van der Waals surface area contributed by atoms with Gasteiger partial charge in [-0.3, -0.25) is 9.59 Å². The zero-order chi connectivity index (χ0) is 18.0. The second-order valence-electron chi connectivity index (χ2n) is 6.65. The normalized spacial score (nSPS) is 20.2. The van der Waals surface area contributed by atoms with E-state index in [1.54, 1.807) is 4.68 Å². The number of aryl methyl sites for hydroxylation is 1. The summed E-state index contributed by atoms with van der Waals surface area (Å²) in [7, 11) is 0. The Morgan fingerprint density at radius 3 is 2.36 bits per heavy atom. The molecule has 132 valence electrons. The maximum atomic E-state index is 12.7. The van der Waals surface area contributed by atoms with Crippen molar-refractivity contribution in [3.63, 3.8) is 0 Å². The summed E-state index contributed by atoms with van der Waals surface area (Å²) in [6.45, 7) is 3.73. The number of rotatable bonds is 4. The van der Waals surface area contributed by atoms with Crippen molar-refractivity contribution in [2.24, 2.45) is 5.92 Å². The van der Waals surface area contributed by atoms with Gasteiger partial charge in [0.2, 0.25) is 0 Å². The first kappa shape index (κ1) is 17.2. The third-order valence-corrected chi connectivity index (χ3v) is 4.93. The third kappa shape index (κ3) is 3.57. The molecule has 1 aromatic heterocycles. The average molecular weight is 341 g/mol. The van der Waals surface area contributed by atoms with E-state index in [2.05, 4.69) is 10.4 Å². The van der Waals surface area contributed by atoms with Gasteiger partial charge in [0.15, 0.2) is 0 Å². The van der Waals surface area contributed by atoms with Crippen LogP contribution in [0.3, 0.4) is 0 Å². The van der Waals surface area contributed by atoms with Crippen molar-refractivity contribution in [2.45, 2.75) is 45.6 Å². The molecule has 2 aromatic rings. The average Bonchev–Trinajstić information content (AvgIpc) is 2.90. The van der Waals surface area contributed by atoms with Gasteiger partial charge in [0.05, 0.1) is 28.6 Å². The Hall–Kier alpha value is -2.63. The molecule has 3 rings (SSSR count). The number of aliphatic carboxylic acids is 1. The van der Waals surface area contributed by atoms with Crippen molar-refractivity contribution in [3.8, 4) is 5.69 Å². The van der Waals surface area contributed by atoms with Gasteiger partial charge in [-0.25, -0.2) is 4.68 Å². The molecule has 1 aromatic carbocycles. The van der Waals surface area contributed by atoms with E-state index in [-0.39, 0.29) is 17.9 Å². The smallest absolute Gasteiger partial charge is 0.306 e. The van der Waals surface area contributed by atoms with Crippen LogP contribution in [0.15, 0.2) is 30.3 Å². The van der Waals surface area contributed by atoms with Crippen LogP contribution in [0.5, 0.6) is 0 Å². The highest BCUT2D eigenvalue weighted by molar-refractivity contribution is 5.96. The molecule has 2 N–H and O–H groups in total. The molecular formula is C19H23N3O3. The summed E-state index contributed by atoms with van der Waals surface area (Å²) in [6, 6.07) is 9.75. The van der Waals surface area contributed by atoms with Crippen molar-refractivity contribution in [1.82, 2.24) is 15.1 Å². The number of hydrogen-bond donors (Lipinski definition) is 2. The fraction of sp³-hybridized carbons (Fsp3) is 0.421. The largest absolute Gasteiger partial charge is 0.481 e. The molecule has 0 spiro atoms. The number of carboxylic acids is 1. The van der Waals surface area contributed by atoms with Crippen molar-refractivity contribution >= 4 is 11.9 Å². The van der Waals surface area contributed by atoms with Gasteiger partial charge in [0.1, 0.15) is 0 Å². The number of carbonyl (C=O) groups is 2. The van der Waals surface area contributed by atoms with Crippen LogP contribution in [-0.4, -0.2) is 32.8 Å². The van der Waals surface area contributed by atoms with E-state index < -0.39 is 5.97 Å². The fourth-order valence-corrected chi connectivity index (χ4v) is 3.53. The number of carbonyl (C=O) groups excluding carboxylic acids is 1. The molecule has 1 amide bonds. The second kappa shape index (κ2) is 7.09. The second-order valence-corrected chi connectivity index (χ2v) is 6.65. The van der Waals surface area contributed by atoms with Gasteiger partial charge in [0, 0.05) is 6.04 Å². The minimum Gasteiger partial charge on any atom is -0.481 e. The first-order valence-corrected chi connectivity index (χ1v) is 8.62. The van der Waals surface area contributed by atoms with Gasteiger partial charge >= 0.3 is 5.97 Å². The Bertz CT molecular complexity index is 775. The van der Waals surface area contributed by atoms with Gasteiger partial charge in [0.25, 0.3) is 5.91 Å². The molecule has 25 heavy (non-hydrogen) atoms. The summed E-state index contributed by atoms with van der Waals surface area (Å²) < 4.78 is 1.78. The Morgan fingerprint density at radius 2 is 1.76 bits per heavy atom. The van der Waals surface area contributed by atoms with E-state index in [0.29, 0.717) is 36.9 Å². The maximum Gasteiger partial charge on any atom is 0.306 e. The Kier molecular flexibility index (Phi) is 4.88. The molecule has 0 radical (unpaired) electrons. The molecule has 6 nitrogen and oxygen atoms in total. The molecule has 0 saturated heterocycles.